The highest BCUT2D eigenvalue weighted by Crippen LogP contribution is 2.39. The molecule has 2 aromatic rings. The van der Waals surface area contributed by atoms with Crippen LogP contribution >= 0.6 is 11.3 Å². The highest BCUT2D eigenvalue weighted by atomic mass is 32.2. The Bertz CT molecular complexity index is 1000. The molecule has 2 amide bonds. The zero-order valence-corrected chi connectivity index (χ0v) is 18.9. The van der Waals surface area contributed by atoms with Crippen LogP contribution in [0.4, 0.5) is 5.69 Å². The number of nitrogens with zero attached hydrogens (tertiary/aromatic N) is 1. The number of thiophene rings is 1. The molecule has 0 saturated carbocycles. The largest absolute Gasteiger partial charge is 0.337 e. The summed E-state index contributed by atoms with van der Waals surface area (Å²) in [4.78, 5) is 27.8. The van der Waals surface area contributed by atoms with Gasteiger partial charge in [-0.1, -0.05) is 32.0 Å². The Balaban J connectivity index is 1.71. The zero-order valence-electron chi connectivity index (χ0n) is 17.3. The van der Waals surface area contributed by atoms with E-state index in [1.165, 1.54) is 11.3 Å². The van der Waals surface area contributed by atoms with Crippen LogP contribution in [-0.4, -0.2) is 38.7 Å². The van der Waals surface area contributed by atoms with E-state index in [1.54, 1.807) is 36.2 Å². The molecular weight excluding hydrogens is 422 g/mol. The minimum absolute atomic E-state index is 0.0652. The second-order valence-electron chi connectivity index (χ2n) is 7.97. The van der Waals surface area contributed by atoms with E-state index in [9.17, 15) is 18.0 Å². The molecule has 1 aromatic heterocycles. The number of amides is 2. The summed E-state index contributed by atoms with van der Waals surface area (Å²) >= 11 is 1.52. The van der Waals surface area contributed by atoms with Gasteiger partial charge in [-0.25, -0.2) is 13.1 Å². The molecular formula is C21H27N3O4S2. The predicted octanol–water partition coefficient (Wildman–Crippen LogP) is 2.98. The van der Waals surface area contributed by atoms with Crippen LogP contribution in [0.3, 0.4) is 0 Å². The summed E-state index contributed by atoms with van der Waals surface area (Å²) in [6.07, 6.45) is 0.151. The Hall–Kier alpha value is -2.23. The lowest BCUT2D eigenvalue weighted by atomic mass is 9.97. The first-order valence-electron chi connectivity index (χ1n) is 9.82. The van der Waals surface area contributed by atoms with Gasteiger partial charge in [0.15, 0.2) is 0 Å². The van der Waals surface area contributed by atoms with Crippen LogP contribution in [0.1, 0.15) is 36.8 Å². The molecule has 9 heteroatoms. The van der Waals surface area contributed by atoms with Gasteiger partial charge in [-0.3, -0.25) is 9.59 Å². The predicted molar refractivity (Wildman–Crippen MR) is 118 cm³/mol. The highest BCUT2D eigenvalue weighted by Gasteiger charge is 2.43. The van der Waals surface area contributed by atoms with Crippen LogP contribution < -0.4 is 10.0 Å². The van der Waals surface area contributed by atoms with Gasteiger partial charge in [0, 0.05) is 30.6 Å². The molecule has 1 saturated heterocycles. The minimum atomic E-state index is -3.46. The molecule has 162 valence electrons. The fourth-order valence-corrected chi connectivity index (χ4v) is 5.73. The van der Waals surface area contributed by atoms with Crippen LogP contribution in [0, 0.1) is 11.8 Å². The number of rotatable bonds is 8. The van der Waals surface area contributed by atoms with Crippen molar-refractivity contribution in [3.05, 3.63) is 52.2 Å². The lowest BCUT2D eigenvalue weighted by Gasteiger charge is -2.23. The highest BCUT2D eigenvalue weighted by molar-refractivity contribution is 7.88. The Morgan fingerprint density at radius 2 is 2.03 bits per heavy atom. The maximum Gasteiger partial charge on any atom is 0.230 e. The van der Waals surface area contributed by atoms with E-state index in [0.717, 1.165) is 4.88 Å². The van der Waals surface area contributed by atoms with Crippen LogP contribution in [0.15, 0.2) is 41.8 Å². The Morgan fingerprint density at radius 3 is 2.70 bits per heavy atom. The molecule has 2 atom stereocenters. The van der Waals surface area contributed by atoms with Crippen molar-refractivity contribution in [2.75, 3.05) is 18.9 Å². The number of anilines is 1. The van der Waals surface area contributed by atoms with Gasteiger partial charge in [0.1, 0.15) is 0 Å². The molecule has 0 aliphatic carbocycles. The maximum absolute atomic E-state index is 13.0. The van der Waals surface area contributed by atoms with Crippen molar-refractivity contribution in [2.24, 2.45) is 11.8 Å². The fourth-order valence-electron chi connectivity index (χ4n) is 3.49. The van der Waals surface area contributed by atoms with E-state index in [4.69, 9.17) is 0 Å². The van der Waals surface area contributed by atoms with Gasteiger partial charge in [0.25, 0.3) is 0 Å². The third-order valence-corrected chi connectivity index (χ3v) is 7.28. The van der Waals surface area contributed by atoms with Gasteiger partial charge in [0.05, 0.1) is 17.7 Å². The van der Waals surface area contributed by atoms with Gasteiger partial charge in [-0.2, -0.15) is 0 Å². The van der Waals surface area contributed by atoms with E-state index in [0.29, 0.717) is 17.8 Å². The average molecular weight is 450 g/mol. The quantitative estimate of drug-likeness (QED) is 0.648. The van der Waals surface area contributed by atoms with Crippen molar-refractivity contribution in [1.29, 1.82) is 0 Å². The summed E-state index contributed by atoms with van der Waals surface area (Å²) in [5.41, 5.74) is 1.10. The smallest absolute Gasteiger partial charge is 0.230 e. The van der Waals surface area contributed by atoms with Crippen LogP contribution in [0.5, 0.6) is 0 Å². The molecule has 2 heterocycles. The average Bonchev–Trinajstić information content (AvgIpc) is 3.29. The van der Waals surface area contributed by atoms with E-state index in [2.05, 4.69) is 10.0 Å². The number of hydrogen-bond donors (Lipinski definition) is 2. The summed E-state index contributed by atoms with van der Waals surface area (Å²) in [7, 11) is -1.74. The first-order valence-corrected chi connectivity index (χ1v) is 12.4. The molecule has 1 aromatic carbocycles. The standard InChI is InChI=1S/C21H27N3O4S2/c1-14(2)12-22-30(27,28)13-15-6-4-7-16(10-15)23-21(26)17-11-19(25)24(3)20(17)18-8-5-9-29-18/h4-10,14,17,20,22H,11-13H2,1-3H3,(H,23,26). The number of nitrogens with one attached hydrogen (secondary N) is 2. The van der Waals surface area contributed by atoms with Gasteiger partial charge in [0.2, 0.25) is 21.8 Å². The number of carbonyl (C=O) groups excluding carboxylic acids is 2. The van der Waals surface area contributed by atoms with Crippen molar-refractivity contribution in [3.63, 3.8) is 0 Å². The molecule has 2 N–H and O–H groups in total. The third-order valence-electron chi connectivity index (χ3n) is 5.02. The van der Waals surface area contributed by atoms with Gasteiger partial charge < -0.3 is 10.2 Å². The van der Waals surface area contributed by atoms with Crippen LogP contribution in [0.2, 0.25) is 0 Å². The summed E-state index contributed by atoms with van der Waals surface area (Å²) in [6.45, 7) is 4.26. The lowest BCUT2D eigenvalue weighted by molar-refractivity contribution is -0.127. The Kier molecular flexibility index (Phi) is 6.95. The second-order valence-corrected chi connectivity index (χ2v) is 10.8. The number of sulfonamides is 1. The van der Waals surface area contributed by atoms with Gasteiger partial charge in [-0.05, 0) is 35.1 Å². The second kappa shape index (κ2) is 9.28. The maximum atomic E-state index is 13.0. The normalized spacial score (nSPS) is 19.5. The van der Waals surface area contributed by atoms with E-state index < -0.39 is 15.9 Å². The Morgan fingerprint density at radius 1 is 1.27 bits per heavy atom. The number of carbonyl (C=O) groups is 2. The third kappa shape index (κ3) is 5.47. The molecule has 0 bridgehead atoms. The molecule has 1 fully saturated rings. The fraction of sp³-hybridized carbons (Fsp3) is 0.429. The van der Waals surface area contributed by atoms with Crippen LogP contribution in [0.25, 0.3) is 0 Å². The first kappa shape index (κ1) is 22.5. The van der Waals surface area contributed by atoms with Crippen molar-refractivity contribution in [3.8, 4) is 0 Å². The molecule has 1 aliphatic rings. The van der Waals surface area contributed by atoms with Gasteiger partial charge >= 0.3 is 0 Å². The van der Waals surface area contributed by atoms with Crippen molar-refractivity contribution in [1.82, 2.24) is 9.62 Å². The summed E-state index contributed by atoms with van der Waals surface area (Å²) < 4.78 is 27.1. The SMILES string of the molecule is CC(C)CNS(=O)(=O)Cc1cccc(NC(=O)C2CC(=O)N(C)C2c2cccs2)c1. The monoisotopic (exact) mass is 449 g/mol. The molecule has 2 unspecified atom stereocenters. The molecule has 1 aliphatic heterocycles. The molecule has 7 nitrogen and oxygen atoms in total. The van der Waals surface area contributed by atoms with E-state index in [-0.39, 0.29) is 35.9 Å². The number of hydrogen-bond acceptors (Lipinski definition) is 5. The summed E-state index contributed by atoms with van der Waals surface area (Å²) in [5, 5.41) is 4.79. The van der Waals surface area contributed by atoms with Gasteiger partial charge in [-0.15, -0.1) is 11.3 Å². The number of likely N-dealkylation sites (tertiary alicyclic amines) is 1. The lowest BCUT2D eigenvalue weighted by Crippen LogP contribution is -2.29. The first-order chi connectivity index (χ1) is 14.2. The topological polar surface area (TPSA) is 95.6 Å². The van der Waals surface area contributed by atoms with E-state index in [1.807, 2.05) is 31.4 Å². The van der Waals surface area contributed by atoms with E-state index >= 15 is 0 Å². The Labute approximate surface area is 181 Å². The summed E-state index contributed by atoms with van der Waals surface area (Å²) in [6, 6.07) is 10.4. The zero-order chi connectivity index (χ0) is 21.9. The minimum Gasteiger partial charge on any atom is -0.337 e. The summed E-state index contributed by atoms with van der Waals surface area (Å²) in [5.74, 6) is -0.754. The molecule has 0 radical (unpaired) electrons. The van der Waals surface area contributed by atoms with Crippen molar-refractivity contribution < 1.29 is 18.0 Å². The molecule has 3 rings (SSSR count). The number of benzene rings is 1. The van der Waals surface area contributed by atoms with Crippen molar-refractivity contribution >= 4 is 38.9 Å². The molecule has 30 heavy (non-hydrogen) atoms. The van der Waals surface area contributed by atoms with Crippen molar-refractivity contribution in [2.45, 2.75) is 32.1 Å². The molecule has 0 spiro atoms. The van der Waals surface area contributed by atoms with Crippen LogP contribution in [-0.2, 0) is 25.4 Å².